The van der Waals surface area contributed by atoms with Crippen molar-refractivity contribution in [3.05, 3.63) is 0 Å². The lowest BCUT2D eigenvalue weighted by Gasteiger charge is -1.87. The van der Waals surface area contributed by atoms with Gasteiger partial charge in [0.1, 0.15) is 0 Å². The lowest BCUT2D eigenvalue weighted by atomic mass is 10.5. The van der Waals surface area contributed by atoms with E-state index in [1.807, 2.05) is 0 Å². The Hall–Kier alpha value is -0.0800. The first-order chi connectivity index (χ1) is 2.91. The van der Waals surface area contributed by atoms with Gasteiger partial charge in [0.15, 0.2) is 0 Å². The molecule has 0 aromatic rings. The first kappa shape index (κ1) is 5.92. The summed E-state index contributed by atoms with van der Waals surface area (Å²) in [5.41, 5.74) is 0. The van der Waals surface area contributed by atoms with Gasteiger partial charge < -0.3 is 5.11 Å². The fourth-order valence-corrected chi connectivity index (χ4v) is 0.229. The van der Waals surface area contributed by atoms with Gasteiger partial charge in [-0.15, -0.1) is 0 Å². The third kappa shape index (κ3) is 3.92. The summed E-state index contributed by atoms with van der Waals surface area (Å²) in [6, 6.07) is 0. The second-order valence-electron chi connectivity index (χ2n) is 1.12. The number of aliphatic hydroxyl groups excluding tert-OH is 1. The van der Waals surface area contributed by atoms with Crippen LogP contribution in [-0.4, -0.2) is 25.3 Å². The van der Waals surface area contributed by atoms with Crippen molar-refractivity contribution >= 4 is 0 Å². The fourth-order valence-electron chi connectivity index (χ4n) is 0.229. The minimum Gasteiger partial charge on any atom is -0.396 e. The molecule has 0 rings (SSSR count). The Morgan fingerprint density at radius 3 is 2.50 bits per heavy atom. The van der Waals surface area contributed by atoms with E-state index in [-0.39, 0.29) is 6.61 Å². The van der Waals surface area contributed by atoms with Crippen LogP contribution in [-0.2, 0) is 0 Å². The quantitative estimate of drug-likeness (QED) is 0.468. The zero-order valence-corrected chi connectivity index (χ0v) is 4.02. The van der Waals surface area contributed by atoms with Crippen molar-refractivity contribution in [1.29, 1.82) is 0 Å². The lowest BCUT2D eigenvalue weighted by molar-refractivity contribution is 0.287. The highest BCUT2D eigenvalue weighted by atomic mass is 16.3. The van der Waals surface area contributed by atoms with Crippen LogP contribution in [0.15, 0.2) is 0 Å². The van der Waals surface area contributed by atoms with Gasteiger partial charge in [-0.3, -0.25) is 0 Å². The average molecular weight is 88.1 g/mol. The van der Waals surface area contributed by atoms with Gasteiger partial charge in [-0.1, -0.05) is 0 Å². The molecule has 0 amide bonds. The smallest absolute Gasteiger partial charge is 0.0443 e. The molecule has 0 saturated heterocycles. The van der Waals surface area contributed by atoms with E-state index in [2.05, 4.69) is 5.32 Å². The Balaban J connectivity index is 2.34. The van der Waals surface area contributed by atoms with Crippen LogP contribution in [0.4, 0.5) is 0 Å². The van der Waals surface area contributed by atoms with E-state index in [0.29, 0.717) is 0 Å². The average Bonchev–Trinajstić information content (AvgIpc) is 1.61. The van der Waals surface area contributed by atoms with Gasteiger partial charge in [0.25, 0.3) is 0 Å². The molecule has 0 heterocycles. The van der Waals surface area contributed by atoms with E-state index in [0.717, 1.165) is 13.0 Å². The van der Waals surface area contributed by atoms with Crippen LogP contribution in [0.1, 0.15) is 6.42 Å². The van der Waals surface area contributed by atoms with Crippen LogP contribution in [0.25, 0.3) is 0 Å². The first-order valence-corrected chi connectivity index (χ1v) is 2.08. The van der Waals surface area contributed by atoms with Crippen molar-refractivity contribution in [2.24, 2.45) is 0 Å². The molecule has 37 valence electrons. The first-order valence-electron chi connectivity index (χ1n) is 2.08. The van der Waals surface area contributed by atoms with E-state index >= 15 is 0 Å². The van der Waals surface area contributed by atoms with Crippen molar-refractivity contribution in [1.82, 2.24) is 5.32 Å². The van der Waals surface area contributed by atoms with Crippen LogP contribution in [0.2, 0.25) is 0 Å². The van der Waals surface area contributed by atoms with E-state index in [1.54, 1.807) is 7.05 Å². The molecule has 1 radical (unpaired) electrons. The van der Waals surface area contributed by atoms with Crippen LogP contribution >= 0.6 is 0 Å². The third-order valence-electron chi connectivity index (χ3n) is 0.540. The number of nitrogens with zero attached hydrogens (tertiary/aromatic N) is 1. The highest BCUT2D eigenvalue weighted by molar-refractivity contribution is 4.34. The maximum absolute atomic E-state index is 8.14. The second kappa shape index (κ2) is 4.92. The zero-order valence-electron chi connectivity index (χ0n) is 4.02. The molecule has 6 heavy (non-hydrogen) atoms. The predicted molar refractivity (Wildman–Crippen MR) is 24.6 cm³/mol. The van der Waals surface area contributed by atoms with Gasteiger partial charge >= 0.3 is 0 Å². The summed E-state index contributed by atoms with van der Waals surface area (Å²) < 4.78 is 0. The molecule has 0 atom stereocenters. The van der Waals surface area contributed by atoms with Crippen molar-refractivity contribution in [3.8, 4) is 0 Å². The van der Waals surface area contributed by atoms with Gasteiger partial charge in [0, 0.05) is 20.2 Å². The summed E-state index contributed by atoms with van der Waals surface area (Å²) in [7, 11) is 1.75. The maximum Gasteiger partial charge on any atom is 0.0443 e. The van der Waals surface area contributed by atoms with Crippen LogP contribution in [0.5, 0.6) is 0 Å². The van der Waals surface area contributed by atoms with Gasteiger partial charge in [-0.25, -0.2) is 5.32 Å². The summed E-state index contributed by atoms with van der Waals surface area (Å²) in [5, 5.41) is 11.9. The molecule has 0 unspecified atom stereocenters. The minimum absolute atomic E-state index is 0.261. The Morgan fingerprint density at radius 2 is 2.33 bits per heavy atom. The standard InChI is InChI=1S/C4H10NO/c1-5-3-2-4-6/h6H,2-4H2,1H3. The van der Waals surface area contributed by atoms with Crippen molar-refractivity contribution in [3.63, 3.8) is 0 Å². The SMILES string of the molecule is C[N]CCCO. The molecule has 2 heteroatoms. The summed E-state index contributed by atoms with van der Waals surface area (Å²) in [4.78, 5) is 0. The molecule has 0 saturated carbocycles. The molecular weight excluding hydrogens is 78.0 g/mol. The van der Waals surface area contributed by atoms with Gasteiger partial charge in [-0.2, -0.15) is 0 Å². The Kier molecular flexibility index (Phi) is 4.85. The van der Waals surface area contributed by atoms with Crippen molar-refractivity contribution < 1.29 is 5.11 Å². The van der Waals surface area contributed by atoms with Crippen molar-refractivity contribution in [2.45, 2.75) is 6.42 Å². The van der Waals surface area contributed by atoms with E-state index < -0.39 is 0 Å². The lowest BCUT2D eigenvalue weighted by Crippen LogP contribution is -2.00. The molecule has 0 aliphatic carbocycles. The number of rotatable bonds is 3. The van der Waals surface area contributed by atoms with Crippen molar-refractivity contribution in [2.75, 3.05) is 20.2 Å². The summed E-state index contributed by atoms with van der Waals surface area (Å²) in [6.45, 7) is 1.05. The zero-order chi connectivity index (χ0) is 4.83. The van der Waals surface area contributed by atoms with E-state index in [1.165, 1.54) is 0 Å². The predicted octanol–water partition coefficient (Wildman–Crippen LogP) is -0.397. The Labute approximate surface area is 38.2 Å². The molecule has 0 aromatic heterocycles. The van der Waals surface area contributed by atoms with Crippen LogP contribution in [0, 0.1) is 0 Å². The number of hydrogen-bond acceptors (Lipinski definition) is 1. The molecule has 0 aliphatic heterocycles. The molecule has 0 spiro atoms. The minimum atomic E-state index is 0.261. The maximum atomic E-state index is 8.14. The largest absolute Gasteiger partial charge is 0.396 e. The Bertz CT molecular complexity index is 19.5. The highest BCUT2D eigenvalue weighted by Gasteiger charge is 1.76. The number of hydrogen-bond donors (Lipinski definition) is 1. The van der Waals surface area contributed by atoms with Crippen LogP contribution < -0.4 is 5.32 Å². The topological polar surface area (TPSA) is 34.3 Å². The molecular formula is C4H10NO. The number of aliphatic hydroxyl groups is 1. The van der Waals surface area contributed by atoms with Gasteiger partial charge in [0.2, 0.25) is 0 Å². The molecule has 0 aliphatic rings. The molecule has 0 bridgehead atoms. The Morgan fingerprint density at radius 1 is 1.67 bits per heavy atom. The molecule has 1 N–H and O–H groups in total. The second-order valence-corrected chi connectivity index (χ2v) is 1.12. The normalized spacial score (nSPS) is 9.00. The van der Waals surface area contributed by atoms with Crippen LogP contribution in [0.3, 0.4) is 0 Å². The summed E-state index contributed by atoms with van der Waals surface area (Å²) in [6.07, 6.45) is 0.802. The molecule has 0 fully saturated rings. The molecule has 2 nitrogen and oxygen atoms in total. The fraction of sp³-hybridized carbons (Fsp3) is 1.00. The summed E-state index contributed by atoms with van der Waals surface area (Å²) in [5.74, 6) is 0. The molecule has 0 aromatic carbocycles. The third-order valence-corrected chi connectivity index (χ3v) is 0.540. The van der Waals surface area contributed by atoms with E-state index in [4.69, 9.17) is 5.11 Å². The van der Waals surface area contributed by atoms with E-state index in [9.17, 15) is 0 Å². The highest BCUT2D eigenvalue weighted by Crippen LogP contribution is 1.67. The monoisotopic (exact) mass is 88.1 g/mol. The van der Waals surface area contributed by atoms with Gasteiger partial charge in [-0.05, 0) is 6.42 Å². The van der Waals surface area contributed by atoms with Gasteiger partial charge in [0.05, 0.1) is 0 Å². The summed E-state index contributed by atoms with van der Waals surface area (Å²) >= 11 is 0.